The SMILES string of the molecule is CCC/C(C#N)=C(/N)c1cc(C(F)(F)F)ccc1Br. The first-order valence-corrected chi connectivity index (χ1v) is 6.36. The Morgan fingerprint density at radius 1 is 1.42 bits per heavy atom. The monoisotopic (exact) mass is 332 g/mol. The molecule has 0 aliphatic rings. The van der Waals surface area contributed by atoms with Crippen molar-refractivity contribution in [3.05, 3.63) is 39.4 Å². The van der Waals surface area contributed by atoms with Crippen LogP contribution in [0.4, 0.5) is 13.2 Å². The van der Waals surface area contributed by atoms with Crippen LogP contribution >= 0.6 is 15.9 Å². The second-order valence-corrected chi connectivity index (χ2v) is 4.80. The van der Waals surface area contributed by atoms with Gasteiger partial charge in [0.1, 0.15) is 0 Å². The number of allylic oxidation sites excluding steroid dienone is 1. The van der Waals surface area contributed by atoms with E-state index in [-0.39, 0.29) is 11.3 Å². The van der Waals surface area contributed by atoms with E-state index in [4.69, 9.17) is 11.0 Å². The molecule has 1 aromatic carbocycles. The van der Waals surface area contributed by atoms with Gasteiger partial charge < -0.3 is 5.73 Å². The molecule has 0 heterocycles. The summed E-state index contributed by atoms with van der Waals surface area (Å²) < 4.78 is 38.4. The lowest BCUT2D eigenvalue weighted by atomic mass is 10.0. The molecule has 0 aromatic heterocycles. The lowest BCUT2D eigenvalue weighted by Gasteiger charge is -2.12. The maximum atomic E-state index is 12.7. The molecule has 19 heavy (non-hydrogen) atoms. The molecule has 0 radical (unpaired) electrons. The van der Waals surface area contributed by atoms with Crippen LogP contribution in [0.5, 0.6) is 0 Å². The van der Waals surface area contributed by atoms with Crippen LogP contribution in [0.25, 0.3) is 5.70 Å². The minimum absolute atomic E-state index is 0.0855. The lowest BCUT2D eigenvalue weighted by Crippen LogP contribution is -2.08. The molecule has 0 bridgehead atoms. The molecule has 0 atom stereocenters. The highest BCUT2D eigenvalue weighted by molar-refractivity contribution is 9.10. The van der Waals surface area contributed by atoms with Gasteiger partial charge in [-0.1, -0.05) is 29.3 Å². The van der Waals surface area contributed by atoms with Gasteiger partial charge in [-0.25, -0.2) is 0 Å². The number of hydrogen-bond donors (Lipinski definition) is 1. The van der Waals surface area contributed by atoms with Crippen LogP contribution in [0.3, 0.4) is 0 Å². The van der Waals surface area contributed by atoms with E-state index in [0.717, 1.165) is 12.1 Å². The van der Waals surface area contributed by atoms with Gasteiger partial charge >= 0.3 is 6.18 Å². The molecule has 2 N–H and O–H groups in total. The van der Waals surface area contributed by atoms with Crippen molar-refractivity contribution < 1.29 is 13.2 Å². The Morgan fingerprint density at radius 3 is 2.53 bits per heavy atom. The van der Waals surface area contributed by atoms with Crippen molar-refractivity contribution in [2.45, 2.75) is 25.9 Å². The molecule has 1 aromatic rings. The van der Waals surface area contributed by atoms with Gasteiger partial charge in [-0.05, 0) is 24.6 Å². The predicted octanol–water partition coefficient (Wildman–Crippen LogP) is 4.46. The minimum atomic E-state index is -4.44. The number of alkyl halides is 3. The molecular formula is C13H12BrF3N2. The first-order chi connectivity index (χ1) is 8.81. The summed E-state index contributed by atoms with van der Waals surface area (Å²) in [5.41, 5.74) is 5.59. The first-order valence-electron chi connectivity index (χ1n) is 5.57. The summed E-state index contributed by atoms with van der Waals surface area (Å²) in [4.78, 5) is 0. The molecule has 1 rings (SSSR count). The number of halogens is 4. The summed E-state index contributed by atoms with van der Waals surface area (Å²) in [5, 5.41) is 8.98. The van der Waals surface area contributed by atoms with Crippen LogP contribution in [-0.4, -0.2) is 0 Å². The van der Waals surface area contributed by atoms with Gasteiger partial charge in [-0.2, -0.15) is 18.4 Å². The smallest absolute Gasteiger partial charge is 0.397 e. The standard InChI is InChI=1S/C13H12BrF3N2/c1-2-3-8(7-18)12(19)10-6-9(13(15,16)17)4-5-11(10)14/h4-6H,2-3,19H2,1H3/b12-8-. The molecule has 0 saturated carbocycles. The van der Waals surface area contributed by atoms with Crippen molar-refractivity contribution >= 4 is 21.6 Å². The Kier molecular flexibility index (Phi) is 5.01. The van der Waals surface area contributed by atoms with E-state index in [2.05, 4.69) is 15.9 Å². The highest BCUT2D eigenvalue weighted by Crippen LogP contribution is 2.34. The number of nitriles is 1. The maximum absolute atomic E-state index is 12.7. The topological polar surface area (TPSA) is 49.8 Å². The summed E-state index contributed by atoms with van der Waals surface area (Å²) in [6.45, 7) is 1.87. The van der Waals surface area contributed by atoms with Crippen molar-refractivity contribution in [2.24, 2.45) is 5.73 Å². The predicted molar refractivity (Wildman–Crippen MR) is 70.8 cm³/mol. The van der Waals surface area contributed by atoms with Crippen molar-refractivity contribution in [1.82, 2.24) is 0 Å². The Morgan fingerprint density at radius 2 is 2.05 bits per heavy atom. The zero-order chi connectivity index (χ0) is 14.6. The van der Waals surface area contributed by atoms with Crippen LogP contribution in [0, 0.1) is 11.3 Å². The zero-order valence-corrected chi connectivity index (χ0v) is 11.8. The molecule has 0 amide bonds. The Bertz CT molecular complexity index is 542. The molecule has 0 aliphatic carbocycles. The number of nitrogens with two attached hydrogens (primary N) is 1. The third-order valence-electron chi connectivity index (χ3n) is 2.54. The van der Waals surface area contributed by atoms with Crippen molar-refractivity contribution in [3.63, 3.8) is 0 Å². The summed E-state index contributed by atoms with van der Waals surface area (Å²) in [6.07, 6.45) is -3.31. The van der Waals surface area contributed by atoms with E-state index in [9.17, 15) is 13.2 Å². The Labute approximate surface area is 117 Å². The van der Waals surface area contributed by atoms with E-state index in [0.29, 0.717) is 22.9 Å². The Hall–Kier alpha value is -1.48. The average Bonchev–Trinajstić information content (AvgIpc) is 2.34. The van der Waals surface area contributed by atoms with Gasteiger partial charge in [0.2, 0.25) is 0 Å². The molecule has 0 spiro atoms. The molecule has 102 valence electrons. The third kappa shape index (κ3) is 3.74. The summed E-state index contributed by atoms with van der Waals surface area (Å²) >= 11 is 3.16. The van der Waals surface area contributed by atoms with Crippen molar-refractivity contribution in [1.29, 1.82) is 5.26 Å². The molecule has 0 fully saturated rings. The summed E-state index contributed by atoms with van der Waals surface area (Å²) in [7, 11) is 0. The summed E-state index contributed by atoms with van der Waals surface area (Å²) in [6, 6.07) is 5.14. The quantitative estimate of drug-likeness (QED) is 0.830. The van der Waals surface area contributed by atoms with Crippen molar-refractivity contribution in [3.8, 4) is 6.07 Å². The van der Waals surface area contributed by atoms with E-state index in [1.165, 1.54) is 6.07 Å². The third-order valence-corrected chi connectivity index (χ3v) is 3.24. The average molecular weight is 333 g/mol. The van der Waals surface area contributed by atoms with Crippen LogP contribution in [0.15, 0.2) is 28.2 Å². The van der Waals surface area contributed by atoms with Gasteiger partial charge in [-0.3, -0.25) is 0 Å². The highest BCUT2D eigenvalue weighted by Gasteiger charge is 2.31. The number of rotatable bonds is 3. The van der Waals surface area contributed by atoms with E-state index < -0.39 is 11.7 Å². The normalized spacial score (nSPS) is 12.8. The highest BCUT2D eigenvalue weighted by atomic mass is 79.9. The van der Waals surface area contributed by atoms with E-state index >= 15 is 0 Å². The number of nitrogens with zero attached hydrogens (tertiary/aromatic N) is 1. The van der Waals surface area contributed by atoms with Crippen molar-refractivity contribution in [2.75, 3.05) is 0 Å². The van der Waals surface area contributed by atoms with Gasteiger partial charge in [0, 0.05) is 10.0 Å². The van der Waals surface area contributed by atoms with Gasteiger partial charge in [-0.15, -0.1) is 0 Å². The van der Waals surface area contributed by atoms with E-state index in [1.54, 1.807) is 0 Å². The van der Waals surface area contributed by atoms with Crippen LogP contribution < -0.4 is 5.73 Å². The lowest BCUT2D eigenvalue weighted by molar-refractivity contribution is -0.137. The zero-order valence-electron chi connectivity index (χ0n) is 10.2. The largest absolute Gasteiger partial charge is 0.416 e. The second kappa shape index (κ2) is 6.11. The number of benzene rings is 1. The minimum Gasteiger partial charge on any atom is -0.397 e. The first kappa shape index (κ1) is 15.6. The number of hydrogen-bond acceptors (Lipinski definition) is 2. The van der Waals surface area contributed by atoms with Gasteiger partial charge in [0.05, 0.1) is 22.9 Å². The van der Waals surface area contributed by atoms with Crippen LogP contribution in [0.2, 0.25) is 0 Å². The molecule has 2 nitrogen and oxygen atoms in total. The fourth-order valence-electron chi connectivity index (χ4n) is 1.57. The van der Waals surface area contributed by atoms with Crippen LogP contribution in [-0.2, 0) is 6.18 Å². The van der Waals surface area contributed by atoms with Gasteiger partial charge in [0.15, 0.2) is 0 Å². The van der Waals surface area contributed by atoms with Crippen LogP contribution in [0.1, 0.15) is 30.9 Å². The fourth-order valence-corrected chi connectivity index (χ4v) is 2.03. The summed E-state index contributed by atoms with van der Waals surface area (Å²) in [5.74, 6) is 0. The van der Waals surface area contributed by atoms with E-state index in [1.807, 2.05) is 13.0 Å². The fraction of sp³-hybridized carbons (Fsp3) is 0.308. The maximum Gasteiger partial charge on any atom is 0.416 e. The molecule has 0 unspecified atom stereocenters. The molecule has 0 aliphatic heterocycles. The molecular weight excluding hydrogens is 321 g/mol. The van der Waals surface area contributed by atoms with Gasteiger partial charge in [0.25, 0.3) is 0 Å². The second-order valence-electron chi connectivity index (χ2n) is 3.95. The Balaban J connectivity index is 3.38. The molecule has 0 saturated heterocycles. The molecule has 6 heteroatoms.